The van der Waals surface area contributed by atoms with E-state index in [1.54, 1.807) is 6.07 Å². The molecular weight excluding hydrogens is 227 g/mol. The number of carbonyl (C=O) groups excluding carboxylic acids is 1. The molecule has 3 nitrogen and oxygen atoms in total. The Morgan fingerprint density at radius 3 is 2.71 bits per heavy atom. The van der Waals surface area contributed by atoms with Gasteiger partial charge in [-0.3, -0.25) is 4.79 Å². The normalized spacial score (nSPS) is 9.93. The smallest absolute Gasteiger partial charge is 0.310 e. The molecule has 0 bridgehead atoms. The van der Waals surface area contributed by atoms with Crippen molar-refractivity contribution in [3.05, 3.63) is 27.7 Å². The predicted octanol–water partition coefficient (Wildman–Crippen LogP) is 2.41. The van der Waals surface area contributed by atoms with Crippen LogP contribution in [0.5, 0.6) is 5.75 Å². The third-order valence-electron chi connectivity index (χ3n) is 1.71. The van der Waals surface area contributed by atoms with E-state index in [0.717, 1.165) is 0 Å². The second kappa shape index (κ2) is 4.53. The van der Waals surface area contributed by atoms with E-state index in [9.17, 15) is 9.90 Å². The zero-order valence-electron chi connectivity index (χ0n) is 7.38. The first-order chi connectivity index (χ1) is 6.56. The van der Waals surface area contributed by atoms with Gasteiger partial charge in [-0.15, -0.1) is 0 Å². The lowest BCUT2D eigenvalue weighted by Gasteiger charge is -2.05. The fourth-order valence-electron chi connectivity index (χ4n) is 0.947. The van der Waals surface area contributed by atoms with Crippen molar-refractivity contribution in [2.45, 2.75) is 6.42 Å². The Hall–Kier alpha value is -0.930. The molecule has 0 radical (unpaired) electrons. The van der Waals surface area contributed by atoms with Crippen molar-refractivity contribution in [3.63, 3.8) is 0 Å². The summed E-state index contributed by atoms with van der Waals surface area (Å²) in [5, 5.41) is 9.60. The summed E-state index contributed by atoms with van der Waals surface area (Å²) in [7, 11) is 1.28. The van der Waals surface area contributed by atoms with Crippen molar-refractivity contribution in [3.8, 4) is 5.75 Å². The Bertz CT molecular complexity index is 363. The Labute approximate surface area is 91.2 Å². The first kappa shape index (κ1) is 11.1. The minimum absolute atomic E-state index is 0.0140. The van der Waals surface area contributed by atoms with Crippen molar-refractivity contribution in [1.82, 2.24) is 0 Å². The minimum atomic E-state index is -0.423. The highest BCUT2D eigenvalue weighted by Gasteiger charge is 2.12. The molecule has 5 heteroatoms. The van der Waals surface area contributed by atoms with E-state index in [0.29, 0.717) is 5.56 Å². The summed E-state index contributed by atoms with van der Waals surface area (Å²) in [5.41, 5.74) is 0.486. The van der Waals surface area contributed by atoms with Crippen LogP contribution in [-0.4, -0.2) is 18.2 Å². The quantitative estimate of drug-likeness (QED) is 0.800. The maximum absolute atomic E-state index is 10.9. The molecule has 76 valence electrons. The minimum Gasteiger partial charge on any atom is -0.505 e. The summed E-state index contributed by atoms with van der Waals surface area (Å²) in [6, 6.07) is 3.04. The van der Waals surface area contributed by atoms with Gasteiger partial charge in [-0.2, -0.15) is 0 Å². The molecule has 1 aromatic carbocycles. The molecule has 0 amide bonds. The van der Waals surface area contributed by atoms with Gasteiger partial charge < -0.3 is 9.84 Å². The molecule has 0 fully saturated rings. The van der Waals surface area contributed by atoms with Gasteiger partial charge in [0.2, 0.25) is 0 Å². The van der Waals surface area contributed by atoms with Crippen LogP contribution in [0.25, 0.3) is 0 Å². The van der Waals surface area contributed by atoms with Crippen molar-refractivity contribution < 1.29 is 14.6 Å². The second-order valence-electron chi connectivity index (χ2n) is 2.62. The van der Waals surface area contributed by atoms with Crippen LogP contribution in [-0.2, 0) is 16.0 Å². The van der Waals surface area contributed by atoms with E-state index < -0.39 is 5.97 Å². The Kier molecular flexibility index (Phi) is 3.61. The van der Waals surface area contributed by atoms with Gasteiger partial charge in [0, 0.05) is 0 Å². The number of carbonyl (C=O) groups is 1. The summed E-state index contributed by atoms with van der Waals surface area (Å²) in [6.07, 6.45) is 0.0140. The van der Waals surface area contributed by atoms with E-state index >= 15 is 0 Å². The van der Waals surface area contributed by atoms with Crippen molar-refractivity contribution in [2.24, 2.45) is 0 Å². The van der Waals surface area contributed by atoms with Gasteiger partial charge in [0.05, 0.1) is 23.6 Å². The fraction of sp³-hybridized carbons (Fsp3) is 0.222. The molecule has 0 spiro atoms. The van der Waals surface area contributed by atoms with Gasteiger partial charge in [-0.25, -0.2) is 0 Å². The molecule has 1 N–H and O–H groups in total. The van der Waals surface area contributed by atoms with Crippen LogP contribution < -0.4 is 0 Å². The fourth-order valence-corrected chi connectivity index (χ4v) is 1.38. The molecule has 0 aliphatic heterocycles. The van der Waals surface area contributed by atoms with Gasteiger partial charge >= 0.3 is 5.97 Å². The first-order valence-corrected chi connectivity index (χ1v) is 4.54. The average molecular weight is 235 g/mol. The maximum atomic E-state index is 10.9. The van der Waals surface area contributed by atoms with Gasteiger partial charge in [-0.05, 0) is 11.6 Å². The zero-order valence-corrected chi connectivity index (χ0v) is 8.89. The van der Waals surface area contributed by atoms with E-state index in [-0.39, 0.29) is 22.2 Å². The summed E-state index contributed by atoms with van der Waals surface area (Å²) in [6.45, 7) is 0. The summed E-state index contributed by atoms with van der Waals surface area (Å²) in [5.74, 6) is -0.636. The Morgan fingerprint density at radius 1 is 1.50 bits per heavy atom. The molecule has 0 atom stereocenters. The number of hydrogen-bond acceptors (Lipinski definition) is 3. The molecule has 0 aliphatic rings. The van der Waals surface area contributed by atoms with E-state index in [1.165, 1.54) is 13.2 Å². The molecule has 0 heterocycles. The highest BCUT2D eigenvalue weighted by atomic mass is 35.5. The molecule has 0 aromatic heterocycles. The van der Waals surface area contributed by atoms with Crippen LogP contribution in [0.2, 0.25) is 10.0 Å². The number of methoxy groups -OCH3 is 1. The predicted molar refractivity (Wildman–Crippen MR) is 53.8 cm³/mol. The van der Waals surface area contributed by atoms with Crippen LogP contribution in [0.15, 0.2) is 12.1 Å². The number of halogens is 2. The number of aromatic hydroxyl groups is 1. The average Bonchev–Trinajstić information content (AvgIpc) is 2.19. The van der Waals surface area contributed by atoms with Gasteiger partial charge in [0.15, 0.2) is 5.75 Å². The number of esters is 1. The highest BCUT2D eigenvalue weighted by molar-refractivity contribution is 6.37. The molecule has 0 saturated carbocycles. The summed E-state index contributed by atoms with van der Waals surface area (Å²) in [4.78, 5) is 10.9. The van der Waals surface area contributed by atoms with Gasteiger partial charge in [0.1, 0.15) is 0 Å². The molecule has 1 aromatic rings. The molecule has 14 heavy (non-hydrogen) atoms. The lowest BCUT2D eigenvalue weighted by atomic mass is 10.1. The highest BCUT2D eigenvalue weighted by Crippen LogP contribution is 2.34. The number of ether oxygens (including phenoxy) is 1. The Morgan fingerprint density at radius 2 is 2.14 bits per heavy atom. The molecular formula is C9H8Cl2O3. The first-order valence-electron chi connectivity index (χ1n) is 3.79. The molecule has 0 aliphatic carbocycles. The number of benzene rings is 1. The summed E-state index contributed by atoms with van der Waals surface area (Å²) < 4.78 is 4.47. The number of rotatable bonds is 2. The largest absolute Gasteiger partial charge is 0.505 e. The molecule has 0 saturated heterocycles. The lowest BCUT2D eigenvalue weighted by Crippen LogP contribution is -2.04. The van der Waals surface area contributed by atoms with Crippen LogP contribution in [0, 0.1) is 0 Å². The van der Waals surface area contributed by atoms with Crippen molar-refractivity contribution in [2.75, 3.05) is 7.11 Å². The van der Waals surface area contributed by atoms with Gasteiger partial charge in [-0.1, -0.05) is 29.3 Å². The topological polar surface area (TPSA) is 46.5 Å². The monoisotopic (exact) mass is 234 g/mol. The third kappa shape index (κ3) is 2.30. The lowest BCUT2D eigenvalue weighted by molar-refractivity contribution is -0.139. The zero-order chi connectivity index (χ0) is 10.7. The molecule has 0 unspecified atom stereocenters. The Balaban J connectivity index is 3.00. The van der Waals surface area contributed by atoms with Crippen molar-refractivity contribution in [1.29, 1.82) is 0 Å². The maximum Gasteiger partial charge on any atom is 0.310 e. The standard InChI is InChI=1S/C9H8Cl2O3/c1-14-7(12)4-5-2-3-6(10)9(13)8(5)11/h2-3,13H,4H2,1H3. The SMILES string of the molecule is COC(=O)Cc1ccc(Cl)c(O)c1Cl. The summed E-state index contributed by atoms with van der Waals surface area (Å²) >= 11 is 11.4. The third-order valence-corrected chi connectivity index (χ3v) is 2.44. The van der Waals surface area contributed by atoms with E-state index in [2.05, 4.69) is 4.74 Å². The van der Waals surface area contributed by atoms with Crippen molar-refractivity contribution >= 4 is 29.2 Å². The number of phenols is 1. The molecule has 1 rings (SSSR count). The number of hydrogen-bond donors (Lipinski definition) is 1. The van der Waals surface area contributed by atoms with Crippen LogP contribution in [0.4, 0.5) is 0 Å². The second-order valence-corrected chi connectivity index (χ2v) is 3.41. The van der Waals surface area contributed by atoms with Crippen LogP contribution >= 0.6 is 23.2 Å². The van der Waals surface area contributed by atoms with Gasteiger partial charge in [0.25, 0.3) is 0 Å². The number of phenolic OH excluding ortho intramolecular Hbond substituents is 1. The van der Waals surface area contributed by atoms with Crippen LogP contribution in [0.1, 0.15) is 5.56 Å². The van der Waals surface area contributed by atoms with E-state index in [4.69, 9.17) is 23.2 Å². The van der Waals surface area contributed by atoms with E-state index in [1.807, 2.05) is 0 Å². The van der Waals surface area contributed by atoms with Crippen LogP contribution in [0.3, 0.4) is 0 Å².